The van der Waals surface area contributed by atoms with Crippen LogP contribution in [0.1, 0.15) is 28.9 Å². The number of carbonyl (C=O) groups excluding carboxylic acids is 1. The first-order valence-electron chi connectivity index (χ1n) is 8.46. The van der Waals surface area contributed by atoms with Crippen molar-refractivity contribution in [1.82, 2.24) is 15.3 Å². The maximum atomic E-state index is 12.2. The Kier molecular flexibility index (Phi) is 4.30. The van der Waals surface area contributed by atoms with Crippen molar-refractivity contribution in [2.24, 2.45) is 0 Å². The van der Waals surface area contributed by atoms with Crippen molar-refractivity contribution in [3.8, 4) is 10.4 Å². The molecule has 2 heterocycles. The van der Waals surface area contributed by atoms with Gasteiger partial charge in [-0.1, -0.05) is 17.4 Å². The molecule has 1 fully saturated rings. The van der Waals surface area contributed by atoms with Gasteiger partial charge >= 0.3 is 0 Å². The number of nitrogen functional groups attached to an aromatic ring is 1. The first-order valence-corrected chi connectivity index (χ1v) is 9.27. The maximum Gasteiger partial charge on any atom is 0.251 e. The minimum absolute atomic E-state index is 0.0337. The molecule has 4 rings (SSSR count). The lowest BCUT2D eigenvalue weighted by Crippen LogP contribution is -2.25. The SMILES string of the molecule is Cc1nc(N)sc1-c1ccnc(Nc2cccc(C(=O)NC3CC3)c2)c1. The number of rotatable bonds is 5. The Hall–Kier alpha value is -2.93. The van der Waals surface area contributed by atoms with E-state index in [-0.39, 0.29) is 5.91 Å². The summed E-state index contributed by atoms with van der Waals surface area (Å²) >= 11 is 1.46. The van der Waals surface area contributed by atoms with Gasteiger partial charge in [-0.25, -0.2) is 9.97 Å². The van der Waals surface area contributed by atoms with Crippen molar-refractivity contribution in [3.05, 3.63) is 53.9 Å². The third-order valence-corrected chi connectivity index (χ3v) is 5.18. The molecular formula is C19H19N5OS. The number of anilines is 3. The molecule has 0 spiro atoms. The summed E-state index contributed by atoms with van der Waals surface area (Å²) in [6, 6.07) is 11.7. The van der Waals surface area contributed by atoms with Gasteiger partial charge in [0.15, 0.2) is 5.13 Å². The zero-order valence-corrected chi connectivity index (χ0v) is 15.1. The number of hydrogen-bond acceptors (Lipinski definition) is 6. The Morgan fingerprint density at radius 2 is 2.12 bits per heavy atom. The standard InChI is InChI=1S/C19H19N5OS/c1-11-17(26-19(20)22-11)12-7-8-21-16(10-12)23-15-4-2-3-13(9-15)18(25)24-14-5-6-14/h2-4,7-10,14H,5-6H2,1H3,(H2,20,22)(H,21,23)(H,24,25). The number of aryl methyl sites for hydroxylation is 1. The topological polar surface area (TPSA) is 92.9 Å². The lowest BCUT2D eigenvalue weighted by molar-refractivity contribution is 0.0951. The first-order chi connectivity index (χ1) is 12.6. The fourth-order valence-electron chi connectivity index (χ4n) is 2.71. The van der Waals surface area contributed by atoms with Crippen molar-refractivity contribution < 1.29 is 4.79 Å². The third kappa shape index (κ3) is 3.67. The van der Waals surface area contributed by atoms with E-state index in [9.17, 15) is 4.79 Å². The summed E-state index contributed by atoms with van der Waals surface area (Å²) in [5.41, 5.74) is 9.18. The van der Waals surface area contributed by atoms with Gasteiger partial charge in [0.1, 0.15) is 5.82 Å². The zero-order chi connectivity index (χ0) is 18.1. The molecule has 26 heavy (non-hydrogen) atoms. The van der Waals surface area contributed by atoms with E-state index in [0.29, 0.717) is 22.6 Å². The van der Waals surface area contributed by atoms with E-state index in [2.05, 4.69) is 20.6 Å². The van der Waals surface area contributed by atoms with Gasteiger partial charge in [0.2, 0.25) is 0 Å². The Balaban J connectivity index is 1.55. The Bertz CT molecular complexity index is 964. The zero-order valence-electron chi connectivity index (χ0n) is 14.3. The molecule has 0 unspecified atom stereocenters. The van der Waals surface area contributed by atoms with Gasteiger partial charge in [-0.05, 0) is 55.7 Å². The summed E-state index contributed by atoms with van der Waals surface area (Å²) in [4.78, 5) is 21.9. The van der Waals surface area contributed by atoms with Crippen molar-refractivity contribution in [2.75, 3.05) is 11.1 Å². The van der Waals surface area contributed by atoms with Gasteiger partial charge < -0.3 is 16.4 Å². The third-order valence-electron chi connectivity index (χ3n) is 4.14. The van der Waals surface area contributed by atoms with Crippen LogP contribution in [0.25, 0.3) is 10.4 Å². The number of hydrogen-bond donors (Lipinski definition) is 3. The highest BCUT2D eigenvalue weighted by Crippen LogP contribution is 2.32. The van der Waals surface area contributed by atoms with Crippen LogP contribution in [0.5, 0.6) is 0 Å². The summed E-state index contributed by atoms with van der Waals surface area (Å²) in [6.45, 7) is 1.94. The van der Waals surface area contributed by atoms with E-state index in [4.69, 9.17) is 5.73 Å². The second-order valence-electron chi connectivity index (χ2n) is 6.35. The summed E-state index contributed by atoms with van der Waals surface area (Å²) in [6.07, 6.45) is 3.89. The molecule has 0 saturated heterocycles. The minimum atomic E-state index is -0.0337. The van der Waals surface area contributed by atoms with E-state index in [1.54, 1.807) is 6.20 Å². The average Bonchev–Trinajstić information content (AvgIpc) is 3.37. The van der Waals surface area contributed by atoms with Crippen LogP contribution in [0.15, 0.2) is 42.6 Å². The van der Waals surface area contributed by atoms with Crippen LogP contribution in [0.3, 0.4) is 0 Å². The summed E-state index contributed by atoms with van der Waals surface area (Å²) in [5, 5.41) is 6.82. The van der Waals surface area contributed by atoms with Gasteiger partial charge in [0.25, 0.3) is 5.91 Å². The van der Waals surface area contributed by atoms with Crippen molar-refractivity contribution in [2.45, 2.75) is 25.8 Å². The van der Waals surface area contributed by atoms with Gasteiger partial charge in [-0.2, -0.15) is 0 Å². The molecule has 2 aromatic heterocycles. The molecule has 0 atom stereocenters. The number of amides is 1. The quantitative estimate of drug-likeness (QED) is 0.641. The maximum absolute atomic E-state index is 12.2. The molecule has 7 heteroatoms. The van der Waals surface area contributed by atoms with Crippen molar-refractivity contribution >= 4 is 33.9 Å². The van der Waals surface area contributed by atoms with Crippen molar-refractivity contribution in [1.29, 1.82) is 0 Å². The highest BCUT2D eigenvalue weighted by atomic mass is 32.1. The largest absolute Gasteiger partial charge is 0.375 e. The fraction of sp³-hybridized carbons (Fsp3) is 0.211. The van der Waals surface area contributed by atoms with E-state index in [1.807, 2.05) is 43.3 Å². The van der Waals surface area contributed by atoms with E-state index >= 15 is 0 Å². The van der Waals surface area contributed by atoms with Crippen LogP contribution in [0.2, 0.25) is 0 Å². The molecule has 6 nitrogen and oxygen atoms in total. The molecule has 0 radical (unpaired) electrons. The molecule has 0 aliphatic heterocycles. The Labute approximate surface area is 155 Å². The first kappa shape index (κ1) is 16.5. The predicted molar refractivity (Wildman–Crippen MR) is 105 cm³/mol. The van der Waals surface area contributed by atoms with Crippen LogP contribution in [-0.2, 0) is 0 Å². The summed E-state index contributed by atoms with van der Waals surface area (Å²) < 4.78 is 0. The Morgan fingerprint density at radius 3 is 2.85 bits per heavy atom. The van der Waals surface area contributed by atoms with Gasteiger partial charge in [0.05, 0.1) is 10.6 Å². The van der Waals surface area contributed by atoms with E-state index in [1.165, 1.54) is 11.3 Å². The molecule has 0 bridgehead atoms. The highest BCUT2D eigenvalue weighted by molar-refractivity contribution is 7.18. The second-order valence-corrected chi connectivity index (χ2v) is 7.38. The number of benzene rings is 1. The number of nitrogens with one attached hydrogen (secondary N) is 2. The smallest absolute Gasteiger partial charge is 0.251 e. The normalized spacial score (nSPS) is 13.4. The molecule has 4 N–H and O–H groups in total. The van der Waals surface area contributed by atoms with Crippen LogP contribution < -0.4 is 16.4 Å². The van der Waals surface area contributed by atoms with Gasteiger partial charge in [0, 0.05) is 23.5 Å². The summed E-state index contributed by atoms with van der Waals surface area (Å²) in [5.74, 6) is 0.669. The van der Waals surface area contributed by atoms with Crippen molar-refractivity contribution in [3.63, 3.8) is 0 Å². The van der Waals surface area contributed by atoms with Crippen LogP contribution in [-0.4, -0.2) is 21.9 Å². The van der Waals surface area contributed by atoms with E-state index < -0.39 is 0 Å². The molecule has 1 saturated carbocycles. The Morgan fingerprint density at radius 1 is 1.27 bits per heavy atom. The number of carbonyl (C=O) groups is 1. The minimum Gasteiger partial charge on any atom is -0.375 e. The molecule has 3 aromatic rings. The fourth-order valence-corrected chi connectivity index (χ4v) is 3.54. The number of thiazole rings is 1. The molecule has 1 aliphatic rings. The lowest BCUT2D eigenvalue weighted by atomic mass is 10.1. The monoisotopic (exact) mass is 365 g/mol. The number of nitrogens with two attached hydrogens (primary N) is 1. The molecule has 1 aliphatic carbocycles. The molecular weight excluding hydrogens is 346 g/mol. The molecule has 1 amide bonds. The van der Waals surface area contributed by atoms with Gasteiger partial charge in [-0.15, -0.1) is 0 Å². The number of pyridine rings is 1. The second kappa shape index (κ2) is 6.76. The number of aromatic nitrogens is 2. The van der Waals surface area contributed by atoms with Gasteiger partial charge in [-0.3, -0.25) is 4.79 Å². The average molecular weight is 365 g/mol. The number of nitrogens with zero attached hydrogens (tertiary/aromatic N) is 2. The molecule has 132 valence electrons. The molecule has 1 aromatic carbocycles. The predicted octanol–water partition coefficient (Wildman–Crippen LogP) is 3.73. The van der Waals surface area contributed by atoms with Crippen LogP contribution >= 0.6 is 11.3 Å². The lowest BCUT2D eigenvalue weighted by Gasteiger charge is -2.09. The summed E-state index contributed by atoms with van der Waals surface area (Å²) in [7, 11) is 0. The van der Waals surface area contributed by atoms with Crippen LogP contribution in [0, 0.1) is 6.92 Å². The van der Waals surface area contributed by atoms with E-state index in [0.717, 1.165) is 34.7 Å². The van der Waals surface area contributed by atoms with Crippen LogP contribution in [0.4, 0.5) is 16.6 Å². The highest BCUT2D eigenvalue weighted by Gasteiger charge is 2.23.